The maximum Gasteiger partial charge on any atom is 0.277 e. The maximum absolute atomic E-state index is 12.4. The Morgan fingerprint density at radius 1 is 1.19 bits per heavy atom. The Hall–Kier alpha value is -2.98. The molecule has 9 nitrogen and oxygen atoms in total. The summed E-state index contributed by atoms with van der Waals surface area (Å²) >= 11 is 0. The topological polar surface area (TPSA) is 119 Å². The summed E-state index contributed by atoms with van der Waals surface area (Å²) in [4.78, 5) is 26.8. The predicted molar refractivity (Wildman–Crippen MR) is 94.2 cm³/mol. The van der Waals surface area contributed by atoms with Crippen molar-refractivity contribution in [1.29, 1.82) is 0 Å². The largest absolute Gasteiger partial charge is 0.280 e. The lowest BCUT2D eigenvalue weighted by atomic mass is 10.2. The summed E-state index contributed by atoms with van der Waals surface area (Å²) < 4.78 is 27.2. The van der Waals surface area contributed by atoms with E-state index in [1.807, 2.05) is 0 Å². The zero-order chi connectivity index (χ0) is 19.5. The minimum Gasteiger partial charge on any atom is -0.280 e. The maximum atomic E-state index is 12.4. The first-order valence-corrected chi connectivity index (χ1v) is 8.84. The highest BCUT2D eigenvalue weighted by atomic mass is 32.2. The Labute approximate surface area is 150 Å². The van der Waals surface area contributed by atoms with Gasteiger partial charge < -0.3 is 0 Å². The lowest BCUT2D eigenvalue weighted by Crippen LogP contribution is -2.25. The van der Waals surface area contributed by atoms with Gasteiger partial charge in [0.25, 0.3) is 21.6 Å². The molecule has 0 aliphatic heterocycles. The quantitative estimate of drug-likeness (QED) is 0.608. The van der Waals surface area contributed by atoms with Crippen LogP contribution < -0.4 is 4.72 Å². The summed E-state index contributed by atoms with van der Waals surface area (Å²) in [6, 6.07) is 9.36. The molecule has 0 atom stereocenters. The van der Waals surface area contributed by atoms with Gasteiger partial charge in [0.05, 0.1) is 16.9 Å². The van der Waals surface area contributed by atoms with Gasteiger partial charge in [-0.2, -0.15) is 0 Å². The van der Waals surface area contributed by atoms with Crippen LogP contribution in [0.4, 0.5) is 11.4 Å². The molecule has 1 N–H and O–H groups in total. The first kappa shape index (κ1) is 19.3. The Bertz CT molecular complexity index is 941. The van der Waals surface area contributed by atoms with E-state index < -0.39 is 20.9 Å². The van der Waals surface area contributed by atoms with Crippen molar-refractivity contribution in [2.45, 2.75) is 11.8 Å². The summed E-state index contributed by atoms with van der Waals surface area (Å²) in [7, 11) is -1.22. The second-order valence-corrected chi connectivity index (χ2v) is 7.06. The number of nitrogens with zero attached hydrogens (tertiary/aromatic N) is 2. The molecule has 0 aromatic heterocycles. The molecule has 0 spiro atoms. The van der Waals surface area contributed by atoms with Gasteiger partial charge in [0, 0.05) is 29.9 Å². The molecular formula is C16H17N3O6S. The molecule has 0 bridgehead atoms. The van der Waals surface area contributed by atoms with Crippen LogP contribution >= 0.6 is 0 Å². The monoisotopic (exact) mass is 379 g/mol. The third kappa shape index (κ3) is 4.16. The van der Waals surface area contributed by atoms with E-state index in [2.05, 4.69) is 4.72 Å². The Balaban J connectivity index is 2.26. The third-order valence-electron chi connectivity index (χ3n) is 3.63. The van der Waals surface area contributed by atoms with Crippen molar-refractivity contribution in [2.75, 3.05) is 18.9 Å². The van der Waals surface area contributed by atoms with E-state index >= 15 is 0 Å². The number of sulfonamides is 1. The van der Waals surface area contributed by atoms with Crippen LogP contribution in [0.25, 0.3) is 0 Å². The fourth-order valence-electron chi connectivity index (χ4n) is 2.11. The van der Waals surface area contributed by atoms with Crippen molar-refractivity contribution in [3.05, 3.63) is 63.7 Å². The molecule has 1 amide bonds. The SMILES string of the molecule is CON(C)C(=O)c1ccc(NS(=O)(=O)c2ccc(C)c([N+](=O)[O-])c2)cc1. The van der Waals surface area contributed by atoms with E-state index in [4.69, 9.17) is 4.84 Å². The van der Waals surface area contributed by atoms with E-state index in [0.717, 1.165) is 11.1 Å². The van der Waals surface area contributed by atoms with Crippen molar-refractivity contribution in [3.63, 3.8) is 0 Å². The first-order valence-electron chi connectivity index (χ1n) is 7.36. The summed E-state index contributed by atoms with van der Waals surface area (Å²) in [5.41, 5.74) is 0.601. The molecule has 26 heavy (non-hydrogen) atoms. The highest BCUT2D eigenvalue weighted by molar-refractivity contribution is 7.92. The van der Waals surface area contributed by atoms with Gasteiger partial charge in [-0.3, -0.25) is 24.5 Å². The average molecular weight is 379 g/mol. The highest BCUT2D eigenvalue weighted by Crippen LogP contribution is 2.24. The molecule has 2 rings (SSSR count). The van der Waals surface area contributed by atoms with Gasteiger partial charge >= 0.3 is 0 Å². The van der Waals surface area contributed by atoms with Crippen LogP contribution in [-0.2, 0) is 14.9 Å². The molecule has 10 heteroatoms. The Morgan fingerprint density at radius 2 is 1.81 bits per heavy atom. The van der Waals surface area contributed by atoms with Gasteiger partial charge in [0.15, 0.2) is 0 Å². The summed E-state index contributed by atoms with van der Waals surface area (Å²) in [6.07, 6.45) is 0. The molecule has 0 saturated carbocycles. The van der Waals surface area contributed by atoms with Crippen LogP contribution in [0.1, 0.15) is 15.9 Å². The van der Waals surface area contributed by atoms with Crippen molar-refractivity contribution in [3.8, 4) is 0 Å². The van der Waals surface area contributed by atoms with E-state index in [0.29, 0.717) is 11.1 Å². The number of nitrogens with one attached hydrogen (secondary N) is 1. The molecule has 0 unspecified atom stereocenters. The number of nitro groups is 1. The van der Waals surface area contributed by atoms with Crippen molar-refractivity contribution in [2.24, 2.45) is 0 Å². The lowest BCUT2D eigenvalue weighted by Gasteiger charge is -2.14. The number of hydroxylamine groups is 2. The zero-order valence-electron chi connectivity index (χ0n) is 14.3. The highest BCUT2D eigenvalue weighted by Gasteiger charge is 2.20. The van der Waals surface area contributed by atoms with E-state index in [1.54, 1.807) is 0 Å². The minimum atomic E-state index is -4.01. The molecular weight excluding hydrogens is 362 g/mol. The number of hydrogen-bond acceptors (Lipinski definition) is 6. The number of carbonyl (C=O) groups is 1. The van der Waals surface area contributed by atoms with E-state index in [-0.39, 0.29) is 16.3 Å². The van der Waals surface area contributed by atoms with Gasteiger partial charge in [0.1, 0.15) is 0 Å². The average Bonchev–Trinajstić information content (AvgIpc) is 2.60. The zero-order valence-corrected chi connectivity index (χ0v) is 15.1. The van der Waals surface area contributed by atoms with Gasteiger partial charge in [-0.15, -0.1) is 0 Å². The molecule has 0 saturated heterocycles. The van der Waals surface area contributed by atoms with Crippen LogP contribution in [0.2, 0.25) is 0 Å². The fourth-order valence-corrected chi connectivity index (χ4v) is 3.19. The molecule has 0 aliphatic carbocycles. The molecule has 2 aromatic carbocycles. The Morgan fingerprint density at radius 3 is 2.35 bits per heavy atom. The number of aryl methyl sites for hydroxylation is 1. The van der Waals surface area contributed by atoms with Gasteiger partial charge in [-0.25, -0.2) is 13.5 Å². The lowest BCUT2D eigenvalue weighted by molar-refractivity contribution is -0.385. The number of benzene rings is 2. The first-order chi connectivity index (χ1) is 12.2. The molecule has 0 heterocycles. The number of anilines is 1. The van der Waals surface area contributed by atoms with Gasteiger partial charge in [-0.05, 0) is 37.3 Å². The molecule has 138 valence electrons. The molecule has 0 aliphatic rings. The summed E-state index contributed by atoms with van der Waals surface area (Å²) in [5.74, 6) is -0.393. The predicted octanol–water partition coefficient (Wildman–Crippen LogP) is 2.34. The standard InChI is InChI=1S/C16H17N3O6S/c1-11-4-9-14(10-15(11)19(21)22)26(23,24)17-13-7-5-12(6-8-13)16(20)18(2)25-3/h4-10,17H,1-3H3. The van der Waals surface area contributed by atoms with Crippen LogP contribution in [0.3, 0.4) is 0 Å². The number of nitro benzene ring substituents is 1. The van der Waals surface area contributed by atoms with Crippen molar-refractivity contribution < 1.29 is 23.0 Å². The van der Waals surface area contributed by atoms with Crippen molar-refractivity contribution >= 4 is 27.3 Å². The number of carbonyl (C=O) groups excluding carboxylic acids is 1. The number of hydrogen-bond donors (Lipinski definition) is 1. The molecule has 2 aromatic rings. The Kier molecular flexibility index (Phi) is 5.58. The third-order valence-corrected chi connectivity index (χ3v) is 5.01. The van der Waals surface area contributed by atoms with Crippen LogP contribution in [0.5, 0.6) is 0 Å². The fraction of sp³-hybridized carbons (Fsp3) is 0.188. The van der Waals surface area contributed by atoms with Gasteiger partial charge in [0.2, 0.25) is 0 Å². The van der Waals surface area contributed by atoms with E-state index in [1.165, 1.54) is 57.5 Å². The smallest absolute Gasteiger partial charge is 0.277 e. The van der Waals surface area contributed by atoms with Crippen LogP contribution in [-0.4, -0.2) is 38.5 Å². The van der Waals surface area contributed by atoms with E-state index in [9.17, 15) is 23.3 Å². The van der Waals surface area contributed by atoms with Crippen LogP contribution in [0.15, 0.2) is 47.4 Å². The number of amides is 1. The second-order valence-electron chi connectivity index (χ2n) is 5.37. The minimum absolute atomic E-state index is 0.213. The van der Waals surface area contributed by atoms with Crippen LogP contribution in [0, 0.1) is 17.0 Å². The van der Waals surface area contributed by atoms with Crippen molar-refractivity contribution in [1.82, 2.24) is 5.06 Å². The normalized spacial score (nSPS) is 11.0. The molecule has 0 radical (unpaired) electrons. The van der Waals surface area contributed by atoms with Gasteiger partial charge in [-0.1, -0.05) is 6.07 Å². The number of rotatable bonds is 6. The summed E-state index contributed by atoms with van der Waals surface area (Å²) in [6.45, 7) is 1.52. The second kappa shape index (κ2) is 7.50. The summed E-state index contributed by atoms with van der Waals surface area (Å²) in [5, 5.41) is 12.0. The molecule has 0 fully saturated rings.